The summed E-state index contributed by atoms with van der Waals surface area (Å²) < 4.78 is 0.992. The lowest BCUT2D eigenvalue weighted by Crippen LogP contribution is -2.31. The van der Waals surface area contributed by atoms with E-state index in [2.05, 4.69) is 10.2 Å². The maximum Gasteiger partial charge on any atom is 0.174 e. The van der Waals surface area contributed by atoms with Crippen LogP contribution in [-0.4, -0.2) is 21.8 Å². The zero-order valence-corrected chi connectivity index (χ0v) is 10.8. The standard InChI is InChI=1S/C9H16N4S2/c1-6-12-13-8(15-6)14-5-4-9(2,3)7(10)11/h4-5H2,1-3H3,(H3,10,11). The lowest BCUT2D eigenvalue weighted by Gasteiger charge is -2.21. The zero-order valence-electron chi connectivity index (χ0n) is 9.20. The molecule has 0 bridgehead atoms. The van der Waals surface area contributed by atoms with Gasteiger partial charge in [-0.3, -0.25) is 5.41 Å². The minimum Gasteiger partial charge on any atom is -0.387 e. The van der Waals surface area contributed by atoms with Crippen molar-refractivity contribution in [2.24, 2.45) is 11.1 Å². The minimum atomic E-state index is -0.216. The molecule has 0 saturated heterocycles. The van der Waals surface area contributed by atoms with E-state index in [4.69, 9.17) is 11.1 Å². The summed E-state index contributed by atoms with van der Waals surface area (Å²) >= 11 is 3.28. The Kier molecular flexibility index (Phi) is 4.10. The van der Waals surface area contributed by atoms with Gasteiger partial charge in [0.2, 0.25) is 0 Å². The minimum absolute atomic E-state index is 0.216. The maximum atomic E-state index is 7.43. The smallest absolute Gasteiger partial charge is 0.174 e. The molecule has 0 aliphatic heterocycles. The van der Waals surface area contributed by atoms with Crippen molar-refractivity contribution in [3.8, 4) is 0 Å². The lowest BCUT2D eigenvalue weighted by atomic mass is 9.89. The second kappa shape index (κ2) is 4.94. The third kappa shape index (κ3) is 3.79. The molecule has 0 unspecified atom stereocenters. The van der Waals surface area contributed by atoms with Crippen LogP contribution in [0.25, 0.3) is 0 Å². The van der Waals surface area contributed by atoms with Gasteiger partial charge in [-0.25, -0.2) is 0 Å². The first-order chi connectivity index (χ1) is 6.92. The van der Waals surface area contributed by atoms with Crippen LogP contribution in [0.4, 0.5) is 0 Å². The monoisotopic (exact) mass is 244 g/mol. The summed E-state index contributed by atoms with van der Waals surface area (Å²) in [5, 5.41) is 16.4. The van der Waals surface area contributed by atoms with Crippen LogP contribution < -0.4 is 5.73 Å². The summed E-state index contributed by atoms with van der Waals surface area (Å²) in [7, 11) is 0. The highest BCUT2D eigenvalue weighted by molar-refractivity contribution is 8.01. The quantitative estimate of drug-likeness (QED) is 0.473. The van der Waals surface area contributed by atoms with Crippen LogP contribution in [0.2, 0.25) is 0 Å². The number of aromatic nitrogens is 2. The number of hydrogen-bond donors (Lipinski definition) is 2. The highest BCUT2D eigenvalue weighted by atomic mass is 32.2. The van der Waals surface area contributed by atoms with Crippen LogP contribution in [0, 0.1) is 17.7 Å². The van der Waals surface area contributed by atoms with Crippen molar-refractivity contribution < 1.29 is 0 Å². The molecule has 0 amide bonds. The fraction of sp³-hybridized carbons (Fsp3) is 0.667. The molecule has 0 radical (unpaired) electrons. The van der Waals surface area contributed by atoms with E-state index in [9.17, 15) is 0 Å². The van der Waals surface area contributed by atoms with E-state index in [1.165, 1.54) is 0 Å². The first-order valence-corrected chi connectivity index (χ1v) is 6.49. The number of thioether (sulfide) groups is 1. The molecule has 0 saturated carbocycles. The van der Waals surface area contributed by atoms with Gasteiger partial charge in [0, 0.05) is 11.2 Å². The Bertz CT molecular complexity index is 346. The molecule has 1 aromatic heterocycles. The van der Waals surface area contributed by atoms with Crippen LogP contribution in [-0.2, 0) is 0 Å². The molecule has 15 heavy (non-hydrogen) atoms. The van der Waals surface area contributed by atoms with E-state index >= 15 is 0 Å². The number of hydrogen-bond acceptors (Lipinski definition) is 5. The topological polar surface area (TPSA) is 75.7 Å². The Hall–Kier alpha value is -0.620. The molecule has 0 aromatic carbocycles. The third-order valence-corrected chi connectivity index (χ3v) is 4.16. The first kappa shape index (κ1) is 12.4. The molecular weight excluding hydrogens is 228 g/mol. The third-order valence-electron chi connectivity index (χ3n) is 2.19. The van der Waals surface area contributed by atoms with Crippen LogP contribution >= 0.6 is 23.1 Å². The number of nitrogens with one attached hydrogen (secondary N) is 1. The van der Waals surface area contributed by atoms with Crippen molar-refractivity contribution >= 4 is 28.9 Å². The van der Waals surface area contributed by atoms with Gasteiger partial charge in [0.05, 0.1) is 5.84 Å². The van der Waals surface area contributed by atoms with Crippen LogP contribution in [0.1, 0.15) is 25.3 Å². The predicted molar refractivity (Wildman–Crippen MR) is 65.7 cm³/mol. The molecule has 1 heterocycles. The van der Waals surface area contributed by atoms with E-state index in [1.807, 2.05) is 20.8 Å². The predicted octanol–water partition coefficient (Wildman–Crippen LogP) is 2.29. The number of nitrogens with zero attached hydrogens (tertiary/aromatic N) is 2. The molecule has 0 atom stereocenters. The molecule has 84 valence electrons. The van der Waals surface area contributed by atoms with E-state index in [-0.39, 0.29) is 11.3 Å². The van der Waals surface area contributed by atoms with Crippen molar-refractivity contribution in [1.29, 1.82) is 5.41 Å². The molecule has 6 heteroatoms. The highest BCUT2D eigenvalue weighted by Crippen LogP contribution is 2.27. The molecule has 0 aliphatic carbocycles. The fourth-order valence-corrected chi connectivity index (χ4v) is 3.01. The Morgan fingerprint density at radius 1 is 1.53 bits per heavy atom. The number of aryl methyl sites for hydroxylation is 1. The number of nitrogens with two attached hydrogens (primary N) is 1. The van der Waals surface area contributed by atoms with Crippen molar-refractivity contribution in [3.05, 3.63) is 5.01 Å². The summed E-state index contributed by atoms with van der Waals surface area (Å²) in [5.74, 6) is 1.16. The molecule has 0 fully saturated rings. The SMILES string of the molecule is Cc1nnc(SCCC(C)(C)C(=N)N)s1. The van der Waals surface area contributed by atoms with Crippen molar-refractivity contribution in [3.63, 3.8) is 0 Å². The second-order valence-corrected chi connectivity index (χ2v) is 6.51. The highest BCUT2D eigenvalue weighted by Gasteiger charge is 2.21. The van der Waals surface area contributed by atoms with Crippen LogP contribution in [0.5, 0.6) is 0 Å². The molecule has 1 aromatic rings. The average molecular weight is 244 g/mol. The molecular formula is C9H16N4S2. The van der Waals surface area contributed by atoms with Gasteiger partial charge in [-0.05, 0) is 13.3 Å². The van der Waals surface area contributed by atoms with Crippen molar-refractivity contribution in [1.82, 2.24) is 10.2 Å². The van der Waals surface area contributed by atoms with Crippen molar-refractivity contribution in [2.45, 2.75) is 31.5 Å². The molecule has 4 nitrogen and oxygen atoms in total. The zero-order chi connectivity index (χ0) is 11.5. The molecule has 1 rings (SSSR count). The van der Waals surface area contributed by atoms with Gasteiger partial charge in [-0.15, -0.1) is 10.2 Å². The van der Waals surface area contributed by atoms with Crippen LogP contribution in [0.15, 0.2) is 4.34 Å². The fourth-order valence-electron chi connectivity index (χ4n) is 0.865. The van der Waals surface area contributed by atoms with E-state index in [1.54, 1.807) is 23.1 Å². The summed E-state index contributed by atoms with van der Waals surface area (Å²) in [6.45, 7) is 5.92. The molecule has 0 spiro atoms. The summed E-state index contributed by atoms with van der Waals surface area (Å²) in [6, 6.07) is 0. The largest absolute Gasteiger partial charge is 0.387 e. The Morgan fingerprint density at radius 3 is 2.67 bits per heavy atom. The molecule has 0 aliphatic rings. The normalized spacial score (nSPS) is 11.7. The van der Waals surface area contributed by atoms with E-state index in [0.29, 0.717) is 0 Å². The second-order valence-electron chi connectivity index (χ2n) is 3.98. The van der Waals surface area contributed by atoms with Gasteiger partial charge >= 0.3 is 0 Å². The summed E-state index contributed by atoms with van der Waals surface area (Å²) in [4.78, 5) is 0. The first-order valence-electron chi connectivity index (χ1n) is 4.69. The summed E-state index contributed by atoms with van der Waals surface area (Å²) in [5.41, 5.74) is 5.29. The van der Waals surface area contributed by atoms with Gasteiger partial charge in [0.1, 0.15) is 5.01 Å². The van der Waals surface area contributed by atoms with Gasteiger partial charge in [0.15, 0.2) is 4.34 Å². The number of amidine groups is 1. The summed E-state index contributed by atoms with van der Waals surface area (Å²) in [6.07, 6.45) is 0.881. The Labute approximate surface area is 98.2 Å². The Balaban J connectivity index is 2.36. The average Bonchev–Trinajstić information content (AvgIpc) is 2.51. The molecule has 3 N–H and O–H groups in total. The van der Waals surface area contributed by atoms with Gasteiger partial charge in [-0.2, -0.15) is 0 Å². The van der Waals surface area contributed by atoms with Gasteiger partial charge in [-0.1, -0.05) is 36.9 Å². The van der Waals surface area contributed by atoms with E-state index in [0.717, 1.165) is 21.5 Å². The van der Waals surface area contributed by atoms with Crippen molar-refractivity contribution in [2.75, 3.05) is 5.75 Å². The van der Waals surface area contributed by atoms with Gasteiger partial charge in [0.25, 0.3) is 0 Å². The Morgan fingerprint density at radius 2 is 2.20 bits per heavy atom. The number of rotatable bonds is 5. The lowest BCUT2D eigenvalue weighted by molar-refractivity contribution is 0.500. The maximum absolute atomic E-state index is 7.43. The van der Waals surface area contributed by atoms with Crippen LogP contribution in [0.3, 0.4) is 0 Å². The van der Waals surface area contributed by atoms with Gasteiger partial charge < -0.3 is 5.73 Å². The van der Waals surface area contributed by atoms with E-state index < -0.39 is 0 Å².